The lowest BCUT2D eigenvalue weighted by Gasteiger charge is -2.19. The Morgan fingerprint density at radius 1 is 0.828 bits per heavy atom. The van der Waals surface area contributed by atoms with Gasteiger partial charge in [0.15, 0.2) is 0 Å². The Balaban J connectivity index is 1.89. The molecule has 0 unspecified atom stereocenters. The maximum absolute atomic E-state index is 5.81. The van der Waals surface area contributed by atoms with E-state index in [1.165, 1.54) is 36.1 Å². The fraction of sp³-hybridized carbons (Fsp3) is 0.538. The van der Waals surface area contributed by atoms with Crippen LogP contribution >= 0.6 is 0 Å². The molecule has 0 aliphatic heterocycles. The van der Waals surface area contributed by atoms with E-state index in [1.807, 2.05) is 0 Å². The van der Waals surface area contributed by atoms with Crippen LogP contribution in [0.15, 0.2) is 48.5 Å². The summed E-state index contributed by atoms with van der Waals surface area (Å²) in [6, 6.07) is 17.7. The molecule has 160 valence electrons. The number of nitrogens with zero attached hydrogens (tertiary/aromatic N) is 1. The topological polar surface area (TPSA) is 29.1 Å². The maximum Gasteiger partial charge on any atom is 0.119 e. The van der Waals surface area contributed by atoms with Gasteiger partial charge in [0, 0.05) is 31.8 Å². The second-order valence-corrected chi connectivity index (χ2v) is 9.03. The average Bonchev–Trinajstić information content (AvgIpc) is 2.68. The summed E-state index contributed by atoms with van der Waals surface area (Å²) in [5, 5.41) is 2.45. The van der Waals surface area contributed by atoms with Crippen LogP contribution < -0.4 is 15.0 Å². The van der Waals surface area contributed by atoms with Crippen LogP contribution in [0.2, 0.25) is 0 Å². The number of rotatable bonds is 12. The SMILES string of the molecule is CC(C)CC[C@H](CC[NH2+]Cc1ccc(N(C)C)cc1)c1ccc(OC(C)C)cc1. The molecule has 3 heteroatoms. The predicted molar refractivity (Wildman–Crippen MR) is 125 cm³/mol. The zero-order chi connectivity index (χ0) is 21.2. The van der Waals surface area contributed by atoms with Crippen LogP contribution in [-0.2, 0) is 6.54 Å². The van der Waals surface area contributed by atoms with Crippen molar-refractivity contribution in [1.29, 1.82) is 0 Å². The van der Waals surface area contributed by atoms with Gasteiger partial charge in [0.1, 0.15) is 12.3 Å². The molecule has 2 rings (SSSR count). The Kier molecular flexibility index (Phi) is 9.53. The smallest absolute Gasteiger partial charge is 0.119 e. The molecular formula is C26H41N2O+. The number of anilines is 1. The van der Waals surface area contributed by atoms with E-state index in [2.05, 4.69) is 101 Å². The van der Waals surface area contributed by atoms with Crippen molar-refractivity contribution in [3.05, 3.63) is 59.7 Å². The highest BCUT2D eigenvalue weighted by Crippen LogP contribution is 2.28. The molecule has 3 nitrogen and oxygen atoms in total. The van der Waals surface area contributed by atoms with Crippen LogP contribution in [0, 0.1) is 5.92 Å². The van der Waals surface area contributed by atoms with Gasteiger partial charge in [-0.3, -0.25) is 0 Å². The molecular weight excluding hydrogens is 356 g/mol. The Hall–Kier alpha value is -2.00. The van der Waals surface area contributed by atoms with Crippen LogP contribution in [0.5, 0.6) is 5.75 Å². The van der Waals surface area contributed by atoms with Crippen LogP contribution in [0.25, 0.3) is 0 Å². The molecule has 0 radical (unpaired) electrons. The third-order valence-electron chi connectivity index (χ3n) is 5.37. The Morgan fingerprint density at radius 3 is 2.03 bits per heavy atom. The van der Waals surface area contributed by atoms with Gasteiger partial charge in [-0.25, -0.2) is 0 Å². The number of hydrogen-bond donors (Lipinski definition) is 1. The van der Waals surface area contributed by atoms with E-state index in [9.17, 15) is 0 Å². The molecule has 0 aliphatic rings. The highest BCUT2D eigenvalue weighted by atomic mass is 16.5. The summed E-state index contributed by atoms with van der Waals surface area (Å²) in [6.45, 7) is 11.0. The molecule has 0 heterocycles. The molecule has 0 aliphatic carbocycles. The van der Waals surface area contributed by atoms with Crippen molar-refractivity contribution in [2.45, 2.75) is 65.5 Å². The third-order valence-corrected chi connectivity index (χ3v) is 5.37. The van der Waals surface area contributed by atoms with E-state index in [0.29, 0.717) is 5.92 Å². The predicted octanol–water partition coefficient (Wildman–Crippen LogP) is 5.21. The fourth-order valence-electron chi connectivity index (χ4n) is 3.62. The molecule has 2 N–H and O–H groups in total. The van der Waals surface area contributed by atoms with Crippen molar-refractivity contribution in [3.63, 3.8) is 0 Å². The number of quaternary nitrogens is 1. The number of hydrogen-bond acceptors (Lipinski definition) is 2. The van der Waals surface area contributed by atoms with E-state index < -0.39 is 0 Å². The molecule has 2 aromatic carbocycles. The number of benzene rings is 2. The summed E-state index contributed by atoms with van der Waals surface area (Å²) >= 11 is 0. The number of ether oxygens (including phenoxy) is 1. The molecule has 0 amide bonds. The van der Waals surface area contributed by atoms with Gasteiger partial charge in [0.05, 0.1) is 12.6 Å². The summed E-state index contributed by atoms with van der Waals surface area (Å²) in [5.41, 5.74) is 4.10. The summed E-state index contributed by atoms with van der Waals surface area (Å²) in [5.74, 6) is 2.34. The average molecular weight is 398 g/mol. The first-order chi connectivity index (χ1) is 13.8. The molecule has 0 saturated heterocycles. The van der Waals surface area contributed by atoms with Crippen LogP contribution in [-0.4, -0.2) is 26.7 Å². The minimum Gasteiger partial charge on any atom is -0.491 e. The monoisotopic (exact) mass is 397 g/mol. The van der Waals surface area contributed by atoms with Gasteiger partial charge in [0.2, 0.25) is 0 Å². The van der Waals surface area contributed by atoms with Crippen molar-refractivity contribution < 1.29 is 10.1 Å². The minimum absolute atomic E-state index is 0.221. The fourth-order valence-corrected chi connectivity index (χ4v) is 3.62. The molecule has 0 aromatic heterocycles. The van der Waals surface area contributed by atoms with Crippen molar-refractivity contribution >= 4 is 5.69 Å². The van der Waals surface area contributed by atoms with Gasteiger partial charge >= 0.3 is 0 Å². The van der Waals surface area contributed by atoms with Crippen molar-refractivity contribution in [2.75, 3.05) is 25.5 Å². The molecule has 0 bridgehead atoms. The summed E-state index contributed by atoms with van der Waals surface area (Å²) in [6.07, 6.45) is 3.97. The minimum atomic E-state index is 0.221. The lowest BCUT2D eigenvalue weighted by molar-refractivity contribution is -0.671. The lowest BCUT2D eigenvalue weighted by Crippen LogP contribution is -2.82. The van der Waals surface area contributed by atoms with Gasteiger partial charge in [-0.05, 0) is 61.9 Å². The van der Waals surface area contributed by atoms with Gasteiger partial charge in [-0.1, -0.05) is 44.5 Å². The standard InChI is InChI=1S/C26H40N2O/c1-20(2)7-10-24(23-11-15-26(16-12-23)29-21(3)4)17-18-27-19-22-8-13-25(14-9-22)28(5)6/h8-9,11-16,20-21,24,27H,7,10,17-19H2,1-6H3/p+1/t24-/m1/s1. The summed E-state index contributed by atoms with van der Waals surface area (Å²) in [4.78, 5) is 2.14. The molecule has 29 heavy (non-hydrogen) atoms. The van der Waals surface area contributed by atoms with E-state index >= 15 is 0 Å². The molecule has 2 aromatic rings. The molecule has 0 fully saturated rings. The van der Waals surface area contributed by atoms with Gasteiger partial charge in [-0.15, -0.1) is 0 Å². The van der Waals surface area contributed by atoms with Gasteiger partial charge in [-0.2, -0.15) is 0 Å². The second-order valence-electron chi connectivity index (χ2n) is 9.03. The molecule has 1 atom stereocenters. The third kappa shape index (κ3) is 8.49. The van der Waals surface area contributed by atoms with Gasteiger partial charge in [0.25, 0.3) is 0 Å². The van der Waals surface area contributed by atoms with Crippen LogP contribution in [0.4, 0.5) is 5.69 Å². The van der Waals surface area contributed by atoms with Crippen molar-refractivity contribution in [1.82, 2.24) is 0 Å². The Bertz CT molecular complexity index is 690. The number of nitrogens with two attached hydrogens (primary N) is 1. The van der Waals surface area contributed by atoms with Crippen LogP contribution in [0.1, 0.15) is 64.0 Å². The van der Waals surface area contributed by atoms with Crippen molar-refractivity contribution in [3.8, 4) is 5.75 Å². The highest BCUT2D eigenvalue weighted by molar-refractivity contribution is 5.45. The van der Waals surface area contributed by atoms with E-state index in [4.69, 9.17) is 4.74 Å². The molecule has 0 spiro atoms. The lowest BCUT2D eigenvalue weighted by atomic mass is 9.88. The Labute approximate surface area is 178 Å². The largest absolute Gasteiger partial charge is 0.491 e. The first kappa shape index (κ1) is 23.3. The molecule has 0 saturated carbocycles. The van der Waals surface area contributed by atoms with E-state index in [-0.39, 0.29) is 6.10 Å². The van der Waals surface area contributed by atoms with E-state index in [1.54, 1.807) is 0 Å². The highest BCUT2D eigenvalue weighted by Gasteiger charge is 2.14. The zero-order valence-electron chi connectivity index (χ0n) is 19.3. The van der Waals surface area contributed by atoms with E-state index in [0.717, 1.165) is 24.8 Å². The van der Waals surface area contributed by atoms with Gasteiger partial charge < -0.3 is 15.0 Å². The normalized spacial score (nSPS) is 12.4. The maximum atomic E-state index is 5.81. The Morgan fingerprint density at radius 2 is 1.48 bits per heavy atom. The second kappa shape index (κ2) is 11.9. The first-order valence-corrected chi connectivity index (χ1v) is 11.2. The first-order valence-electron chi connectivity index (χ1n) is 11.2. The quantitative estimate of drug-likeness (QED) is 0.498. The zero-order valence-corrected chi connectivity index (χ0v) is 19.3. The van der Waals surface area contributed by atoms with Crippen molar-refractivity contribution in [2.24, 2.45) is 5.92 Å². The summed E-state index contributed by atoms with van der Waals surface area (Å²) in [7, 11) is 4.17. The summed E-state index contributed by atoms with van der Waals surface area (Å²) < 4.78 is 5.81. The van der Waals surface area contributed by atoms with Crippen LogP contribution in [0.3, 0.4) is 0 Å².